The highest BCUT2D eigenvalue weighted by molar-refractivity contribution is 5.85. The first-order valence-electron chi connectivity index (χ1n) is 2.90. The van der Waals surface area contributed by atoms with Crippen LogP contribution in [0.5, 0.6) is 0 Å². The van der Waals surface area contributed by atoms with E-state index in [4.69, 9.17) is 5.73 Å². The summed E-state index contributed by atoms with van der Waals surface area (Å²) in [6.45, 7) is 0. The van der Waals surface area contributed by atoms with Crippen molar-refractivity contribution in [3.05, 3.63) is 24.8 Å². The monoisotopic (exact) mass is 170 g/mol. The molecule has 0 amide bonds. The topological polar surface area (TPSA) is 56.2 Å². The SMILES string of the molecule is Cl.Nc1cnc2cnccn12. The molecule has 2 heterocycles. The molecular formula is C6H7ClN4. The number of fused-ring (bicyclic) bond motifs is 1. The first kappa shape index (κ1) is 7.81. The maximum atomic E-state index is 5.55. The van der Waals surface area contributed by atoms with Gasteiger partial charge in [0.25, 0.3) is 0 Å². The Hall–Kier alpha value is -1.29. The predicted molar refractivity (Wildman–Crippen MR) is 44.6 cm³/mol. The molecule has 0 bridgehead atoms. The van der Waals surface area contributed by atoms with E-state index in [0.717, 1.165) is 5.65 Å². The van der Waals surface area contributed by atoms with Crippen LogP contribution in [0.3, 0.4) is 0 Å². The molecule has 2 aromatic rings. The molecule has 0 unspecified atom stereocenters. The number of nitrogen functional groups attached to an aromatic ring is 1. The van der Waals surface area contributed by atoms with Crippen LogP contribution in [0.2, 0.25) is 0 Å². The molecule has 58 valence electrons. The molecular weight excluding hydrogens is 164 g/mol. The lowest BCUT2D eigenvalue weighted by Crippen LogP contribution is -1.91. The second-order valence-electron chi connectivity index (χ2n) is 1.99. The summed E-state index contributed by atoms with van der Waals surface area (Å²) >= 11 is 0. The first-order chi connectivity index (χ1) is 4.88. The number of anilines is 1. The van der Waals surface area contributed by atoms with Crippen LogP contribution < -0.4 is 5.73 Å². The summed E-state index contributed by atoms with van der Waals surface area (Å²) in [6, 6.07) is 0. The lowest BCUT2D eigenvalue weighted by molar-refractivity contribution is 1.13. The molecule has 0 aliphatic heterocycles. The summed E-state index contributed by atoms with van der Waals surface area (Å²) in [5, 5.41) is 0. The second-order valence-corrected chi connectivity index (χ2v) is 1.99. The van der Waals surface area contributed by atoms with Crippen LogP contribution in [0.4, 0.5) is 5.82 Å². The Morgan fingerprint density at radius 2 is 2.18 bits per heavy atom. The minimum Gasteiger partial charge on any atom is -0.383 e. The lowest BCUT2D eigenvalue weighted by atomic mass is 10.7. The fraction of sp³-hybridized carbons (Fsp3) is 0. The highest BCUT2D eigenvalue weighted by Gasteiger charge is 1.94. The van der Waals surface area contributed by atoms with Gasteiger partial charge in [-0.1, -0.05) is 0 Å². The Bertz CT molecular complexity index is 356. The smallest absolute Gasteiger partial charge is 0.156 e. The summed E-state index contributed by atoms with van der Waals surface area (Å²) in [5.74, 6) is 0.636. The second kappa shape index (κ2) is 2.75. The van der Waals surface area contributed by atoms with E-state index in [1.807, 2.05) is 0 Å². The third kappa shape index (κ3) is 1.12. The summed E-state index contributed by atoms with van der Waals surface area (Å²) in [4.78, 5) is 7.88. The van der Waals surface area contributed by atoms with Crippen LogP contribution >= 0.6 is 12.4 Å². The van der Waals surface area contributed by atoms with E-state index in [1.54, 1.807) is 29.2 Å². The molecule has 0 aliphatic carbocycles. The van der Waals surface area contributed by atoms with Crippen molar-refractivity contribution in [2.45, 2.75) is 0 Å². The molecule has 0 aromatic carbocycles. The number of aromatic nitrogens is 3. The van der Waals surface area contributed by atoms with Gasteiger partial charge in [-0.15, -0.1) is 12.4 Å². The van der Waals surface area contributed by atoms with Crippen LogP contribution in [0, 0.1) is 0 Å². The van der Waals surface area contributed by atoms with Crippen LogP contribution in [0.25, 0.3) is 5.65 Å². The third-order valence-electron chi connectivity index (χ3n) is 1.35. The predicted octanol–water partition coefficient (Wildman–Crippen LogP) is 0.733. The summed E-state index contributed by atoms with van der Waals surface area (Å²) in [5.41, 5.74) is 6.33. The largest absolute Gasteiger partial charge is 0.383 e. The average molecular weight is 171 g/mol. The van der Waals surface area contributed by atoms with Crippen LogP contribution in [0.15, 0.2) is 24.8 Å². The Labute approximate surface area is 69.5 Å². The number of nitrogens with zero attached hydrogens (tertiary/aromatic N) is 3. The third-order valence-corrected chi connectivity index (χ3v) is 1.35. The number of halogens is 1. The number of hydrogen-bond acceptors (Lipinski definition) is 3. The zero-order valence-corrected chi connectivity index (χ0v) is 6.45. The molecule has 4 nitrogen and oxygen atoms in total. The van der Waals surface area contributed by atoms with E-state index in [2.05, 4.69) is 9.97 Å². The van der Waals surface area contributed by atoms with Gasteiger partial charge in [-0.3, -0.25) is 9.38 Å². The average Bonchev–Trinajstić information content (AvgIpc) is 2.34. The minimum atomic E-state index is 0. The van der Waals surface area contributed by atoms with Crippen molar-refractivity contribution in [3.8, 4) is 0 Å². The molecule has 5 heteroatoms. The molecule has 11 heavy (non-hydrogen) atoms. The fourth-order valence-corrected chi connectivity index (χ4v) is 0.862. The van der Waals surface area contributed by atoms with Crippen molar-refractivity contribution in [2.75, 3.05) is 5.73 Å². The standard InChI is InChI=1S/C6H6N4.ClH/c7-5-3-9-6-4-8-1-2-10(5)6;/h1-4H,7H2;1H. The number of nitrogens with two attached hydrogens (primary N) is 1. The Morgan fingerprint density at radius 1 is 1.36 bits per heavy atom. The molecule has 0 saturated heterocycles. The Balaban J connectivity index is 0.000000605. The quantitative estimate of drug-likeness (QED) is 0.634. The number of hydrogen-bond donors (Lipinski definition) is 1. The van der Waals surface area contributed by atoms with Gasteiger partial charge in [-0.25, -0.2) is 4.98 Å². The molecule has 2 aromatic heterocycles. The van der Waals surface area contributed by atoms with Crippen molar-refractivity contribution < 1.29 is 0 Å². The normalized spacial score (nSPS) is 9.45. The van der Waals surface area contributed by atoms with Gasteiger partial charge in [-0.2, -0.15) is 0 Å². The van der Waals surface area contributed by atoms with E-state index >= 15 is 0 Å². The van der Waals surface area contributed by atoms with Gasteiger partial charge in [0.15, 0.2) is 5.65 Å². The van der Waals surface area contributed by atoms with Crippen molar-refractivity contribution >= 4 is 23.9 Å². The van der Waals surface area contributed by atoms with Gasteiger partial charge in [0, 0.05) is 12.4 Å². The molecule has 0 radical (unpaired) electrons. The molecule has 0 fully saturated rings. The molecule has 2 N–H and O–H groups in total. The molecule has 0 saturated carbocycles. The highest BCUT2D eigenvalue weighted by atomic mass is 35.5. The maximum absolute atomic E-state index is 5.55. The Kier molecular flexibility index (Phi) is 1.96. The van der Waals surface area contributed by atoms with Crippen LogP contribution in [-0.2, 0) is 0 Å². The summed E-state index contributed by atoms with van der Waals surface area (Å²) in [7, 11) is 0. The molecule has 0 aliphatic rings. The highest BCUT2D eigenvalue weighted by Crippen LogP contribution is 2.04. The molecule has 0 spiro atoms. The van der Waals surface area contributed by atoms with Gasteiger partial charge in [-0.05, 0) is 0 Å². The first-order valence-corrected chi connectivity index (χ1v) is 2.90. The lowest BCUT2D eigenvalue weighted by Gasteiger charge is -1.91. The molecule has 2 rings (SSSR count). The maximum Gasteiger partial charge on any atom is 0.156 e. The Morgan fingerprint density at radius 3 is 2.91 bits per heavy atom. The summed E-state index contributed by atoms with van der Waals surface area (Å²) in [6.07, 6.45) is 6.72. The molecule has 0 atom stereocenters. The van der Waals surface area contributed by atoms with E-state index in [0.29, 0.717) is 5.82 Å². The van der Waals surface area contributed by atoms with E-state index in [9.17, 15) is 0 Å². The van der Waals surface area contributed by atoms with Gasteiger partial charge in [0.05, 0.1) is 12.4 Å². The van der Waals surface area contributed by atoms with Gasteiger partial charge >= 0.3 is 0 Å². The van der Waals surface area contributed by atoms with E-state index in [-0.39, 0.29) is 12.4 Å². The summed E-state index contributed by atoms with van der Waals surface area (Å²) < 4.78 is 1.77. The minimum absolute atomic E-state index is 0. The zero-order chi connectivity index (χ0) is 6.97. The van der Waals surface area contributed by atoms with E-state index < -0.39 is 0 Å². The van der Waals surface area contributed by atoms with Crippen molar-refractivity contribution in [2.24, 2.45) is 0 Å². The number of imidazole rings is 1. The van der Waals surface area contributed by atoms with Crippen LogP contribution in [0.1, 0.15) is 0 Å². The van der Waals surface area contributed by atoms with Gasteiger partial charge < -0.3 is 5.73 Å². The van der Waals surface area contributed by atoms with Crippen LogP contribution in [-0.4, -0.2) is 14.4 Å². The van der Waals surface area contributed by atoms with Crippen molar-refractivity contribution in [3.63, 3.8) is 0 Å². The number of rotatable bonds is 0. The van der Waals surface area contributed by atoms with Crippen molar-refractivity contribution in [1.29, 1.82) is 0 Å². The zero-order valence-electron chi connectivity index (χ0n) is 5.64. The van der Waals surface area contributed by atoms with Gasteiger partial charge in [0.2, 0.25) is 0 Å². The van der Waals surface area contributed by atoms with Gasteiger partial charge in [0.1, 0.15) is 5.82 Å². The fourth-order valence-electron chi connectivity index (χ4n) is 0.862. The van der Waals surface area contributed by atoms with E-state index in [1.165, 1.54) is 0 Å². The van der Waals surface area contributed by atoms with Crippen molar-refractivity contribution in [1.82, 2.24) is 14.4 Å².